The first-order valence-corrected chi connectivity index (χ1v) is 12.4. The Morgan fingerprint density at radius 3 is 2.62 bits per heavy atom. The largest absolute Gasteiger partial charge is 0.505 e. The Morgan fingerprint density at radius 2 is 2.03 bits per heavy atom. The summed E-state index contributed by atoms with van der Waals surface area (Å²) in [6.45, 7) is 5.77. The van der Waals surface area contributed by atoms with Gasteiger partial charge < -0.3 is 24.2 Å². The van der Waals surface area contributed by atoms with Crippen LogP contribution in [0.25, 0.3) is 21.1 Å². The first kappa shape index (κ1) is 22.9. The molecule has 1 aliphatic carbocycles. The molecule has 1 aliphatic heterocycles. The first-order chi connectivity index (χ1) is 16.1. The van der Waals surface area contributed by atoms with Gasteiger partial charge in [0.2, 0.25) is 5.43 Å². The fraction of sp³-hybridized carbons (Fsp3) is 0.520. The summed E-state index contributed by atoms with van der Waals surface area (Å²) in [5.74, 6) is -0.152. The van der Waals surface area contributed by atoms with Crippen molar-refractivity contribution in [2.75, 3.05) is 39.2 Å². The Kier molecular flexibility index (Phi) is 5.30. The highest BCUT2D eigenvalue weighted by Crippen LogP contribution is 2.49. The van der Waals surface area contributed by atoms with Crippen molar-refractivity contribution in [3.63, 3.8) is 0 Å². The molecule has 0 bridgehead atoms. The number of nitriles is 1. The third-order valence-electron chi connectivity index (χ3n) is 7.85. The molecule has 2 fully saturated rings. The van der Waals surface area contributed by atoms with Crippen LogP contribution in [-0.4, -0.2) is 54.4 Å². The molecule has 3 aromatic rings. The monoisotopic (exact) mass is 484 g/mol. The van der Waals surface area contributed by atoms with Crippen molar-refractivity contribution in [2.45, 2.75) is 44.7 Å². The molecular weight excluding hydrogens is 455 g/mol. The number of hydrogen-bond acceptors (Lipinski definition) is 7. The molecule has 2 aliphatic rings. The number of halogens is 1. The van der Waals surface area contributed by atoms with Gasteiger partial charge in [-0.1, -0.05) is 0 Å². The van der Waals surface area contributed by atoms with Crippen LogP contribution in [0.3, 0.4) is 0 Å². The van der Waals surface area contributed by atoms with E-state index in [4.69, 9.17) is 4.74 Å². The van der Waals surface area contributed by atoms with E-state index in [0.717, 1.165) is 30.6 Å². The fourth-order valence-corrected chi connectivity index (χ4v) is 6.26. The van der Waals surface area contributed by atoms with Gasteiger partial charge >= 0.3 is 0 Å². The van der Waals surface area contributed by atoms with E-state index in [9.17, 15) is 15.2 Å². The van der Waals surface area contributed by atoms with E-state index in [2.05, 4.69) is 32.8 Å². The summed E-state index contributed by atoms with van der Waals surface area (Å²) in [6, 6.07) is 3.37. The average molecular weight is 485 g/mol. The molecule has 2 aromatic heterocycles. The van der Waals surface area contributed by atoms with Crippen molar-refractivity contribution in [1.82, 2.24) is 9.47 Å². The number of anilines is 1. The number of nitrogens with zero attached hydrogens (tertiary/aromatic N) is 4. The van der Waals surface area contributed by atoms with Crippen LogP contribution in [0.4, 0.5) is 10.1 Å². The molecule has 1 saturated carbocycles. The Balaban J connectivity index is 1.77. The quantitative estimate of drug-likeness (QED) is 0.577. The molecule has 1 saturated heterocycles. The summed E-state index contributed by atoms with van der Waals surface area (Å²) in [5.41, 5.74) is 0.384. The molecule has 1 N–H and O–H groups in total. The third kappa shape index (κ3) is 3.19. The second-order valence-corrected chi connectivity index (χ2v) is 11.1. The molecule has 0 spiro atoms. The van der Waals surface area contributed by atoms with E-state index in [-0.39, 0.29) is 33.0 Å². The van der Waals surface area contributed by atoms with Crippen molar-refractivity contribution < 1.29 is 14.2 Å². The molecule has 5 rings (SSSR count). The number of rotatable bonds is 5. The van der Waals surface area contributed by atoms with Gasteiger partial charge in [-0.2, -0.15) is 5.26 Å². The van der Waals surface area contributed by atoms with E-state index in [1.54, 1.807) is 0 Å². The van der Waals surface area contributed by atoms with Gasteiger partial charge in [0.1, 0.15) is 26.9 Å². The average Bonchev–Trinajstić information content (AvgIpc) is 3.40. The summed E-state index contributed by atoms with van der Waals surface area (Å²) in [6.07, 6.45) is 2.74. The normalized spacial score (nSPS) is 18.9. The van der Waals surface area contributed by atoms with Gasteiger partial charge in [0.15, 0.2) is 17.3 Å². The van der Waals surface area contributed by atoms with Gasteiger partial charge in [0.05, 0.1) is 18.0 Å². The highest BCUT2D eigenvalue weighted by atomic mass is 32.1. The van der Waals surface area contributed by atoms with E-state index in [1.165, 1.54) is 13.2 Å². The summed E-state index contributed by atoms with van der Waals surface area (Å²) >= 11 is 1.10. The summed E-state index contributed by atoms with van der Waals surface area (Å²) < 4.78 is 23.5. The molecular formula is C25H29FN4O3S. The number of pyridine rings is 1. The maximum atomic E-state index is 15.7. The predicted molar refractivity (Wildman–Crippen MR) is 133 cm³/mol. The number of fused-ring (bicyclic) bond motifs is 2. The standard InChI is InChI=1S/C25H29FN4O3S/c1-25(2,28(3)4)13-8-9-29(12-13)20-16(26)10-15-19(23(20)33-5)30(14-6-7-14)24-18(21(15)31)22(32)17(11-27)34-24/h10,13-14,32H,6-9,12H2,1-5H3. The van der Waals surface area contributed by atoms with Gasteiger partial charge in [-0.3, -0.25) is 4.79 Å². The third-order valence-corrected chi connectivity index (χ3v) is 8.94. The molecule has 7 nitrogen and oxygen atoms in total. The van der Waals surface area contributed by atoms with Crippen LogP contribution >= 0.6 is 11.3 Å². The van der Waals surface area contributed by atoms with Crippen molar-refractivity contribution in [3.05, 3.63) is 27.0 Å². The molecule has 0 amide bonds. The summed E-state index contributed by atoms with van der Waals surface area (Å²) in [5, 5.41) is 20.3. The second-order valence-electron chi connectivity index (χ2n) is 10.1. The molecule has 1 aromatic carbocycles. The van der Waals surface area contributed by atoms with Gasteiger partial charge in [-0.25, -0.2) is 4.39 Å². The summed E-state index contributed by atoms with van der Waals surface area (Å²) in [4.78, 5) is 18.3. The van der Waals surface area contributed by atoms with E-state index in [1.807, 2.05) is 15.5 Å². The van der Waals surface area contributed by atoms with Crippen molar-refractivity contribution >= 4 is 38.1 Å². The summed E-state index contributed by atoms with van der Waals surface area (Å²) in [7, 11) is 5.63. The minimum absolute atomic E-state index is 0.0558. The van der Waals surface area contributed by atoms with Crippen LogP contribution in [0.5, 0.6) is 11.5 Å². The lowest BCUT2D eigenvalue weighted by molar-refractivity contribution is 0.127. The lowest BCUT2D eigenvalue weighted by atomic mass is 9.86. The number of methoxy groups -OCH3 is 1. The predicted octanol–water partition coefficient (Wildman–Crippen LogP) is 4.44. The minimum Gasteiger partial charge on any atom is -0.505 e. The van der Waals surface area contributed by atoms with Gasteiger partial charge in [-0.05, 0) is 59.2 Å². The first-order valence-electron chi connectivity index (χ1n) is 11.5. The molecule has 9 heteroatoms. The molecule has 1 unspecified atom stereocenters. The SMILES string of the molecule is COc1c(N2CCC(C(C)(C)N(C)C)C2)c(F)cc2c(=O)c3c(O)c(C#N)sc3n(C3CC3)c12. The van der Waals surface area contributed by atoms with Crippen molar-refractivity contribution in [1.29, 1.82) is 5.26 Å². The van der Waals surface area contributed by atoms with Crippen LogP contribution in [-0.2, 0) is 0 Å². The van der Waals surface area contributed by atoms with Crippen molar-refractivity contribution in [2.24, 2.45) is 5.92 Å². The molecule has 3 heterocycles. The smallest absolute Gasteiger partial charge is 0.202 e. The van der Waals surface area contributed by atoms with Crippen LogP contribution in [0.2, 0.25) is 0 Å². The lowest BCUT2D eigenvalue weighted by Gasteiger charge is -2.38. The van der Waals surface area contributed by atoms with E-state index in [0.29, 0.717) is 40.8 Å². The number of aromatic hydroxyl groups is 1. The lowest BCUT2D eigenvalue weighted by Crippen LogP contribution is -2.46. The number of aromatic nitrogens is 1. The minimum atomic E-state index is -0.512. The zero-order chi connectivity index (χ0) is 24.5. The Morgan fingerprint density at radius 1 is 1.32 bits per heavy atom. The maximum absolute atomic E-state index is 15.7. The number of ether oxygens (including phenoxy) is 1. The van der Waals surface area contributed by atoms with Gasteiger partial charge in [0.25, 0.3) is 0 Å². The van der Waals surface area contributed by atoms with Gasteiger partial charge in [-0.15, -0.1) is 11.3 Å². The van der Waals surface area contributed by atoms with Crippen molar-refractivity contribution in [3.8, 4) is 17.6 Å². The van der Waals surface area contributed by atoms with Crippen LogP contribution in [0.15, 0.2) is 10.9 Å². The number of benzene rings is 1. The van der Waals surface area contributed by atoms with Crippen LogP contribution in [0, 0.1) is 23.1 Å². The highest BCUT2D eigenvalue weighted by Gasteiger charge is 2.39. The van der Waals surface area contributed by atoms with E-state index >= 15 is 4.39 Å². The number of thiophene rings is 1. The zero-order valence-corrected chi connectivity index (χ0v) is 20.9. The van der Waals surface area contributed by atoms with E-state index < -0.39 is 11.2 Å². The maximum Gasteiger partial charge on any atom is 0.202 e. The molecule has 34 heavy (non-hydrogen) atoms. The molecule has 180 valence electrons. The second kappa shape index (κ2) is 7.85. The van der Waals surface area contributed by atoms with Crippen LogP contribution in [0.1, 0.15) is 44.0 Å². The number of hydrogen-bond donors (Lipinski definition) is 1. The topological polar surface area (TPSA) is 81.7 Å². The zero-order valence-electron chi connectivity index (χ0n) is 20.1. The Bertz CT molecular complexity index is 1410. The van der Waals surface area contributed by atoms with Gasteiger partial charge in [0, 0.05) is 24.7 Å². The fourth-order valence-electron chi connectivity index (χ4n) is 5.19. The Labute approximate surface area is 201 Å². The highest BCUT2D eigenvalue weighted by molar-refractivity contribution is 7.19. The molecule has 0 radical (unpaired) electrons. The van der Waals surface area contributed by atoms with Crippen LogP contribution < -0.4 is 15.1 Å². The molecule has 1 atom stereocenters. The Hall–Kier alpha value is -2.83.